The lowest BCUT2D eigenvalue weighted by Crippen LogP contribution is -2.33. The molecule has 0 bridgehead atoms. The number of aromatic nitrogens is 3. The Labute approximate surface area is 162 Å². The van der Waals surface area contributed by atoms with Crippen LogP contribution in [0.1, 0.15) is 44.6 Å². The number of alkyl carbamates (subject to hydrolysis) is 1. The smallest absolute Gasteiger partial charge is 0.407 e. The third kappa shape index (κ3) is 3.78. The zero-order valence-corrected chi connectivity index (χ0v) is 16.0. The van der Waals surface area contributed by atoms with E-state index in [4.69, 9.17) is 4.74 Å². The lowest BCUT2D eigenvalue weighted by atomic mass is 9.98. The van der Waals surface area contributed by atoms with Crippen molar-refractivity contribution in [1.29, 1.82) is 0 Å². The number of hydrogen-bond donors (Lipinski definition) is 3. The van der Waals surface area contributed by atoms with Gasteiger partial charge in [-0.05, 0) is 68.9 Å². The zero-order chi connectivity index (χ0) is 19.7. The molecule has 4 rings (SSSR count). The lowest BCUT2D eigenvalue weighted by molar-refractivity contribution is 0.0982. The standard InChI is InChI=1S/C21H24N4O3/c1-12(2)24-21(27)28-16-6-5-13(9-16)15-8-14-10-18(25-19(14)23-11-15)17-4-3-7-22-20(17)26/h3-4,7-8,10-13,16H,5-6,9H2,1-2H3,(H,22,26)(H,23,25)(H,24,27)/t13-,16+/m0/s1. The second kappa shape index (κ2) is 7.50. The summed E-state index contributed by atoms with van der Waals surface area (Å²) in [4.78, 5) is 34.3. The van der Waals surface area contributed by atoms with E-state index in [9.17, 15) is 9.59 Å². The van der Waals surface area contributed by atoms with Crippen molar-refractivity contribution >= 4 is 17.1 Å². The van der Waals surface area contributed by atoms with Crippen LogP contribution in [0.4, 0.5) is 4.79 Å². The highest BCUT2D eigenvalue weighted by molar-refractivity contribution is 5.83. The molecule has 146 valence electrons. The Morgan fingerprint density at radius 3 is 2.96 bits per heavy atom. The van der Waals surface area contributed by atoms with E-state index >= 15 is 0 Å². The number of nitrogens with one attached hydrogen (secondary N) is 3. The fourth-order valence-electron chi connectivity index (χ4n) is 3.81. The summed E-state index contributed by atoms with van der Waals surface area (Å²) < 4.78 is 5.52. The molecule has 0 unspecified atom stereocenters. The molecule has 3 aromatic rings. The van der Waals surface area contributed by atoms with Gasteiger partial charge < -0.3 is 20.0 Å². The molecular weight excluding hydrogens is 356 g/mol. The number of aromatic amines is 2. The number of fused-ring (bicyclic) bond motifs is 1. The topological polar surface area (TPSA) is 99.9 Å². The van der Waals surface area contributed by atoms with Gasteiger partial charge in [0, 0.05) is 23.8 Å². The monoisotopic (exact) mass is 380 g/mol. The third-order valence-corrected chi connectivity index (χ3v) is 5.14. The van der Waals surface area contributed by atoms with Gasteiger partial charge in [-0.15, -0.1) is 0 Å². The first-order chi connectivity index (χ1) is 13.5. The van der Waals surface area contributed by atoms with Crippen LogP contribution >= 0.6 is 0 Å². The van der Waals surface area contributed by atoms with Crippen molar-refractivity contribution < 1.29 is 9.53 Å². The molecule has 0 spiro atoms. The molecule has 1 aliphatic rings. The maximum atomic E-state index is 12.0. The molecule has 1 saturated carbocycles. The minimum absolute atomic E-state index is 0.0656. The Hall–Kier alpha value is -3.09. The molecule has 7 heteroatoms. The van der Waals surface area contributed by atoms with Gasteiger partial charge in [0.25, 0.3) is 5.56 Å². The zero-order valence-electron chi connectivity index (χ0n) is 16.0. The van der Waals surface area contributed by atoms with E-state index in [-0.39, 0.29) is 23.8 Å². The number of ether oxygens (including phenoxy) is 1. The van der Waals surface area contributed by atoms with Crippen LogP contribution in [-0.4, -0.2) is 33.2 Å². The summed E-state index contributed by atoms with van der Waals surface area (Å²) in [6, 6.07) is 7.72. The minimum Gasteiger partial charge on any atom is -0.446 e. The van der Waals surface area contributed by atoms with Crippen LogP contribution in [0, 0.1) is 0 Å². The maximum absolute atomic E-state index is 12.0. The summed E-state index contributed by atoms with van der Waals surface area (Å²) in [6.07, 6.45) is 5.69. The van der Waals surface area contributed by atoms with E-state index in [0.29, 0.717) is 11.5 Å². The number of carbonyl (C=O) groups is 1. The van der Waals surface area contributed by atoms with Crippen LogP contribution in [0.25, 0.3) is 22.3 Å². The number of rotatable bonds is 4. The molecule has 1 fully saturated rings. The lowest BCUT2D eigenvalue weighted by Gasteiger charge is -2.15. The van der Waals surface area contributed by atoms with Gasteiger partial charge >= 0.3 is 6.09 Å². The fourth-order valence-corrected chi connectivity index (χ4v) is 3.81. The van der Waals surface area contributed by atoms with E-state index in [1.54, 1.807) is 18.3 Å². The molecule has 3 heterocycles. The van der Waals surface area contributed by atoms with Gasteiger partial charge in [-0.25, -0.2) is 9.78 Å². The fraction of sp³-hybridized carbons (Fsp3) is 0.381. The summed E-state index contributed by atoms with van der Waals surface area (Å²) >= 11 is 0. The average molecular weight is 380 g/mol. The minimum atomic E-state index is -0.349. The Kier molecular flexibility index (Phi) is 4.90. The Morgan fingerprint density at radius 2 is 2.18 bits per heavy atom. The first-order valence-electron chi connectivity index (χ1n) is 9.63. The number of carbonyl (C=O) groups excluding carboxylic acids is 1. The molecule has 0 aromatic carbocycles. The number of hydrogen-bond acceptors (Lipinski definition) is 4. The quantitative estimate of drug-likeness (QED) is 0.643. The van der Waals surface area contributed by atoms with Crippen LogP contribution in [0.5, 0.6) is 0 Å². The summed E-state index contributed by atoms with van der Waals surface area (Å²) in [5.74, 6) is 0.312. The Balaban J connectivity index is 1.50. The first kappa shape index (κ1) is 18.3. The number of H-pyrrole nitrogens is 2. The first-order valence-corrected chi connectivity index (χ1v) is 9.63. The Bertz CT molecular complexity index is 1050. The number of amides is 1. The van der Waals surface area contributed by atoms with Crippen molar-refractivity contribution in [3.05, 3.63) is 52.6 Å². The SMILES string of the molecule is CC(C)NC(=O)O[C@@H]1CC[C@H](c2cnc3[nH]c(-c4ccc[nH]c4=O)cc3c2)C1. The number of pyridine rings is 2. The summed E-state index contributed by atoms with van der Waals surface area (Å²) in [7, 11) is 0. The van der Waals surface area contributed by atoms with Gasteiger partial charge in [0.2, 0.25) is 0 Å². The summed E-state index contributed by atoms with van der Waals surface area (Å²) in [5, 5.41) is 3.74. The van der Waals surface area contributed by atoms with Crippen LogP contribution in [0.15, 0.2) is 41.5 Å². The van der Waals surface area contributed by atoms with Crippen molar-refractivity contribution in [3.63, 3.8) is 0 Å². The van der Waals surface area contributed by atoms with Crippen LogP contribution in [0.2, 0.25) is 0 Å². The molecule has 0 aliphatic heterocycles. The van der Waals surface area contributed by atoms with Gasteiger partial charge in [0.15, 0.2) is 0 Å². The van der Waals surface area contributed by atoms with Crippen LogP contribution in [-0.2, 0) is 4.74 Å². The van der Waals surface area contributed by atoms with Crippen molar-refractivity contribution in [3.8, 4) is 11.3 Å². The second-order valence-corrected chi connectivity index (χ2v) is 7.64. The Morgan fingerprint density at radius 1 is 1.32 bits per heavy atom. The summed E-state index contributed by atoms with van der Waals surface area (Å²) in [5.41, 5.74) is 3.09. The molecule has 28 heavy (non-hydrogen) atoms. The molecule has 1 amide bonds. The number of nitrogens with zero attached hydrogens (tertiary/aromatic N) is 1. The highest BCUT2D eigenvalue weighted by atomic mass is 16.6. The highest BCUT2D eigenvalue weighted by Gasteiger charge is 2.29. The second-order valence-electron chi connectivity index (χ2n) is 7.64. The van der Waals surface area contributed by atoms with E-state index in [0.717, 1.165) is 41.6 Å². The molecule has 1 aliphatic carbocycles. The van der Waals surface area contributed by atoms with Crippen molar-refractivity contribution in [2.24, 2.45) is 0 Å². The van der Waals surface area contributed by atoms with Gasteiger partial charge in [-0.2, -0.15) is 0 Å². The third-order valence-electron chi connectivity index (χ3n) is 5.14. The molecule has 7 nitrogen and oxygen atoms in total. The largest absolute Gasteiger partial charge is 0.446 e. The van der Waals surface area contributed by atoms with Gasteiger partial charge in [-0.1, -0.05) is 0 Å². The average Bonchev–Trinajstić information content (AvgIpc) is 3.27. The highest BCUT2D eigenvalue weighted by Crippen LogP contribution is 2.37. The molecule has 3 N–H and O–H groups in total. The maximum Gasteiger partial charge on any atom is 0.407 e. The molecular formula is C21H24N4O3. The van der Waals surface area contributed by atoms with Gasteiger partial charge in [0.1, 0.15) is 11.8 Å². The predicted molar refractivity (Wildman–Crippen MR) is 107 cm³/mol. The van der Waals surface area contributed by atoms with Crippen molar-refractivity contribution in [2.45, 2.75) is 51.2 Å². The van der Waals surface area contributed by atoms with Gasteiger partial charge in [0.05, 0.1) is 11.3 Å². The van der Waals surface area contributed by atoms with E-state index in [2.05, 4.69) is 26.3 Å². The van der Waals surface area contributed by atoms with E-state index < -0.39 is 0 Å². The summed E-state index contributed by atoms with van der Waals surface area (Å²) in [6.45, 7) is 3.82. The molecule has 2 atom stereocenters. The van der Waals surface area contributed by atoms with Crippen molar-refractivity contribution in [2.75, 3.05) is 0 Å². The molecule has 3 aromatic heterocycles. The van der Waals surface area contributed by atoms with Crippen molar-refractivity contribution in [1.82, 2.24) is 20.3 Å². The van der Waals surface area contributed by atoms with E-state index in [1.165, 1.54) is 0 Å². The normalized spacial score (nSPS) is 19.2. The van der Waals surface area contributed by atoms with Crippen LogP contribution < -0.4 is 10.9 Å². The predicted octanol–water partition coefficient (Wildman–Crippen LogP) is 3.69. The van der Waals surface area contributed by atoms with E-state index in [1.807, 2.05) is 26.1 Å². The molecule has 0 saturated heterocycles. The van der Waals surface area contributed by atoms with Gasteiger partial charge in [-0.3, -0.25) is 4.79 Å². The van der Waals surface area contributed by atoms with Crippen LogP contribution in [0.3, 0.4) is 0 Å². The molecule has 0 radical (unpaired) electrons.